The Morgan fingerprint density at radius 2 is 2.18 bits per heavy atom. The van der Waals surface area contributed by atoms with E-state index in [1.54, 1.807) is 6.20 Å². The second-order valence-corrected chi connectivity index (χ2v) is 4.32. The van der Waals surface area contributed by atoms with Crippen LogP contribution in [0.5, 0.6) is 0 Å². The molecule has 0 amide bonds. The van der Waals surface area contributed by atoms with Crippen LogP contribution in [0.4, 0.5) is 5.82 Å². The van der Waals surface area contributed by atoms with E-state index in [4.69, 9.17) is 11.1 Å². The smallest absolute Gasteiger partial charge is 0.143 e. The van der Waals surface area contributed by atoms with Gasteiger partial charge in [0.1, 0.15) is 18.0 Å². The average Bonchev–Trinajstić information content (AvgIpc) is 2.54. The molecule has 1 aliphatic heterocycles. The maximum atomic E-state index is 7.55. The van der Waals surface area contributed by atoms with Crippen molar-refractivity contribution in [3.8, 4) is 0 Å². The Morgan fingerprint density at radius 1 is 1.35 bits per heavy atom. The van der Waals surface area contributed by atoms with Crippen molar-refractivity contribution in [1.29, 1.82) is 5.41 Å². The molecule has 0 unspecified atom stereocenters. The number of anilines is 1. The highest BCUT2D eigenvalue weighted by Gasteiger charge is 2.17. The molecule has 6 nitrogen and oxygen atoms in total. The zero-order valence-corrected chi connectivity index (χ0v) is 10.1. The average molecular weight is 234 g/mol. The van der Waals surface area contributed by atoms with Crippen molar-refractivity contribution < 1.29 is 0 Å². The second kappa shape index (κ2) is 5.09. The van der Waals surface area contributed by atoms with Crippen molar-refractivity contribution in [3.05, 3.63) is 18.1 Å². The van der Waals surface area contributed by atoms with E-state index in [9.17, 15) is 0 Å². The molecule has 92 valence electrons. The molecule has 0 saturated carbocycles. The van der Waals surface area contributed by atoms with Crippen LogP contribution in [0.25, 0.3) is 0 Å². The fraction of sp³-hybridized carbons (Fsp3) is 0.545. The molecule has 3 N–H and O–H groups in total. The van der Waals surface area contributed by atoms with Gasteiger partial charge in [-0.2, -0.15) is 0 Å². The van der Waals surface area contributed by atoms with Crippen LogP contribution in [0.1, 0.15) is 12.0 Å². The topological polar surface area (TPSA) is 82.1 Å². The van der Waals surface area contributed by atoms with Crippen LogP contribution in [0.15, 0.2) is 12.5 Å². The molecule has 1 fully saturated rings. The molecule has 1 aromatic heterocycles. The molecule has 1 saturated heterocycles. The van der Waals surface area contributed by atoms with Crippen molar-refractivity contribution in [2.75, 3.05) is 38.1 Å². The van der Waals surface area contributed by atoms with Crippen LogP contribution in [-0.2, 0) is 0 Å². The molecular formula is C11H18N6. The van der Waals surface area contributed by atoms with Crippen LogP contribution in [-0.4, -0.2) is 53.9 Å². The predicted octanol–water partition coefficient (Wildman–Crippen LogP) is -0.0974. The minimum absolute atomic E-state index is 0.0261. The summed E-state index contributed by atoms with van der Waals surface area (Å²) < 4.78 is 0. The lowest BCUT2D eigenvalue weighted by Gasteiger charge is -2.23. The van der Waals surface area contributed by atoms with Crippen molar-refractivity contribution in [2.45, 2.75) is 6.42 Å². The first-order valence-corrected chi connectivity index (χ1v) is 5.76. The largest absolute Gasteiger partial charge is 0.384 e. The highest BCUT2D eigenvalue weighted by atomic mass is 15.2. The number of amidine groups is 1. The fourth-order valence-corrected chi connectivity index (χ4v) is 2.02. The number of nitrogens with one attached hydrogen (secondary N) is 1. The number of aromatic nitrogens is 2. The number of nitrogens with two attached hydrogens (primary N) is 1. The minimum atomic E-state index is 0.0261. The number of hydrogen-bond acceptors (Lipinski definition) is 5. The fourth-order valence-electron chi connectivity index (χ4n) is 2.02. The Balaban J connectivity index is 2.24. The Labute approximate surface area is 101 Å². The molecule has 0 radical (unpaired) electrons. The third kappa shape index (κ3) is 2.71. The summed E-state index contributed by atoms with van der Waals surface area (Å²) in [5, 5.41) is 7.55. The van der Waals surface area contributed by atoms with Crippen molar-refractivity contribution in [1.82, 2.24) is 14.9 Å². The predicted molar refractivity (Wildman–Crippen MR) is 67.4 cm³/mol. The van der Waals surface area contributed by atoms with Crippen LogP contribution >= 0.6 is 0 Å². The van der Waals surface area contributed by atoms with Gasteiger partial charge in [0, 0.05) is 25.8 Å². The van der Waals surface area contributed by atoms with Gasteiger partial charge in [-0.15, -0.1) is 0 Å². The Hall–Kier alpha value is -1.69. The summed E-state index contributed by atoms with van der Waals surface area (Å²) in [5.41, 5.74) is 6.18. The molecule has 0 aliphatic carbocycles. The summed E-state index contributed by atoms with van der Waals surface area (Å²) in [4.78, 5) is 12.7. The minimum Gasteiger partial charge on any atom is -0.384 e. The summed E-state index contributed by atoms with van der Waals surface area (Å²) in [5.74, 6) is 0.806. The third-order valence-corrected chi connectivity index (χ3v) is 3.00. The standard InChI is InChI=1S/C11H18N6/c1-16-3-2-4-17(6-5-16)11-9(10(12)13)7-14-8-15-11/h7-8H,2-6H2,1H3,(H3,12,13). The van der Waals surface area contributed by atoms with Gasteiger partial charge in [0.05, 0.1) is 5.56 Å². The molecule has 0 spiro atoms. The van der Waals surface area contributed by atoms with Crippen molar-refractivity contribution in [2.24, 2.45) is 5.73 Å². The molecule has 2 rings (SSSR count). The molecular weight excluding hydrogens is 216 g/mol. The van der Waals surface area contributed by atoms with E-state index < -0.39 is 0 Å². The number of nitrogens with zero attached hydrogens (tertiary/aromatic N) is 4. The lowest BCUT2D eigenvalue weighted by molar-refractivity contribution is 0.360. The highest BCUT2D eigenvalue weighted by Crippen LogP contribution is 2.17. The molecule has 17 heavy (non-hydrogen) atoms. The molecule has 1 aromatic rings. The molecule has 2 heterocycles. The van der Waals surface area contributed by atoms with E-state index in [1.165, 1.54) is 6.33 Å². The van der Waals surface area contributed by atoms with E-state index in [0.717, 1.165) is 38.4 Å². The highest BCUT2D eigenvalue weighted by molar-refractivity contribution is 5.99. The molecule has 6 heteroatoms. The summed E-state index contributed by atoms with van der Waals surface area (Å²) in [6.45, 7) is 3.95. The van der Waals surface area contributed by atoms with Gasteiger partial charge in [0.25, 0.3) is 0 Å². The maximum Gasteiger partial charge on any atom is 0.143 e. The van der Waals surface area contributed by atoms with Gasteiger partial charge in [-0.25, -0.2) is 9.97 Å². The lowest BCUT2D eigenvalue weighted by atomic mass is 10.2. The number of nitrogen functional groups attached to an aromatic ring is 1. The van der Waals surface area contributed by atoms with E-state index in [1.807, 2.05) is 0 Å². The van der Waals surface area contributed by atoms with E-state index in [2.05, 4.69) is 26.8 Å². The second-order valence-electron chi connectivity index (χ2n) is 4.32. The monoisotopic (exact) mass is 234 g/mol. The summed E-state index contributed by atoms with van der Waals surface area (Å²) >= 11 is 0. The lowest BCUT2D eigenvalue weighted by Crippen LogP contribution is -2.31. The van der Waals surface area contributed by atoms with Gasteiger partial charge in [-0.05, 0) is 20.0 Å². The molecule has 1 aliphatic rings. The van der Waals surface area contributed by atoms with Crippen LogP contribution in [0.2, 0.25) is 0 Å². The van der Waals surface area contributed by atoms with Crippen LogP contribution in [0, 0.1) is 5.41 Å². The normalized spacial score (nSPS) is 17.8. The summed E-state index contributed by atoms with van der Waals surface area (Å²) in [6, 6.07) is 0. The van der Waals surface area contributed by atoms with E-state index in [-0.39, 0.29) is 5.84 Å². The SMILES string of the molecule is CN1CCCN(c2ncncc2C(=N)N)CC1. The van der Waals surface area contributed by atoms with Gasteiger partial charge < -0.3 is 15.5 Å². The molecule has 0 aromatic carbocycles. The zero-order chi connectivity index (χ0) is 12.3. The number of hydrogen-bond donors (Lipinski definition) is 2. The summed E-state index contributed by atoms with van der Waals surface area (Å²) in [7, 11) is 2.12. The number of likely N-dealkylation sites (N-methyl/N-ethyl adjacent to an activating group) is 1. The van der Waals surface area contributed by atoms with Crippen molar-refractivity contribution >= 4 is 11.7 Å². The first kappa shape index (κ1) is 11.8. The maximum absolute atomic E-state index is 7.55. The first-order valence-electron chi connectivity index (χ1n) is 5.76. The first-order chi connectivity index (χ1) is 8.18. The van der Waals surface area contributed by atoms with Gasteiger partial charge in [-0.1, -0.05) is 0 Å². The van der Waals surface area contributed by atoms with Crippen LogP contribution < -0.4 is 10.6 Å². The van der Waals surface area contributed by atoms with E-state index >= 15 is 0 Å². The Morgan fingerprint density at radius 3 is 2.94 bits per heavy atom. The zero-order valence-electron chi connectivity index (χ0n) is 10.1. The van der Waals surface area contributed by atoms with Gasteiger partial charge >= 0.3 is 0 Å². The summed E-state index contributed by atoms with van der Waals surface area (Å²) in [6.07, 6.45) is 4.22. The quantitative estimate of drug-likeness (QED) is 0.551. The van der Waals surface area contributed by atoms with Gasteiger partial charge in [0.2, 0.25) is 0 Å². The van der Waals surface area contributed by atoms with Crippen molar-refractivity contribution in [3.63, 3.8) is 0 Å². The third-order valence-electron chi connectivity index (χ3n) is 3.00. The molecule has 0 bridgehead atoms. The Bertz CT molecular complexity index is 405. The van der Waals surface area contributed by atoms with Gasteiger partial charge in [0.15, 0.2) is 0 Å². The van der Waals surface area contributed by atoms with Crippen LogP contribution in [0.3, 0.4) is 0 Å². The van der Waals surface area contributed by atoms with Gasteiger partial charge in [-0.3, -0.25) is 5.41 Å². The number of rotatable bonds is 2. The Kier molecular flexibility index (Phi) is 3.53. The molecule has 0 atom stereocenters. The van der Waals surface area contributed by atoms with E-state index in [0.29, 0.717) is 5.56 Å².